The van der Waals surface area contributed by atoms with Crippen LogP contribution in [-0.2, 0) is 6.54 Å². The third kappa shape index (κ3) is 3.89. The number of aromatic nitrogens is 2. The molecule has 1 N–H and O–H groups in total. The second-order valence-corrected chi connectivity index (χ2v) is 6.10. The number of nitro benzene ring substituents is 1. The van der Waals surface area contributed by atoms with Gasteiger partial charge >= 0.3 is 0 Å². The fraction of sp³-hybridized carbons (Fsp3) is 0.111. The van der Waals surface area contributed by atoms with Gasteiger partial charge in [0.05, 0.1) is 17.2 Å². The number of nitrogens with zero attached hydrogens (tertiary/aromatic N) is 3. The summed E-state index contributed by atoms with van der Waals surface area (Å²) >= 11 is 5.79. The third-order valence-corrected chi connectivity index (χ3v) is 4.04. The van der Waals surface area contributed by atoms with Crippen LogP contribution in [0.25, 0.3) is 0 Å². The van der Waals surface area contributed by atoms with E-state index in [1.165, 1.54) is 12.1 Å². The zero-order valence-corrected chi connectivity index (χ0v) is 14.6. The molecular formula is C18H15ClN4O3. The Labute approximate surface area is 154 Å². The highest BCUT2D eigenvalue weighted by atomic mass is 35.5. The van der Waals surface area contributed by atoms with E-state index in [2.05, 4.69) is 10.4 Å². The van der Waals surface area contributed by atoms with Crippen molar-refractivity contribution in [3.8, 4) is 0 Å². The average Bonchev–Trinajstić information content (AvgIpc) is 2.94. The van der Waals surface area contributed by atoms with Gasteiger partial charge in [0, 0.05) is 17.7 Å². The minimum Gasteiger partial charge on any atom is -0.307 e. The molecular weight excluding hydrogens is 356 g/mol. The number of halogens is 1. The molecule has 0 atom stereocenters. The maximum atomic E-state index is 12.5. The molecule has 0 radical (unpaired) electrons. The summed E-state index contributed by atoms with van der Waals surface area (Å²) in [5.41, 5.74) is 1.62. The number of nitro groups is 1. The van der Waals surface area contributed by atoms with E-state index in [1.54, 1.807) is 10.7 Å². The number of aryl methyl sites for hydroxylation is 1. The maximum absolute atomic E-state index is 12.5. The largest absolute Gasteiger partial charge is 0.307 e. The van der Waals surface area contributed by atoms with Gasteiger partial charge in [0.1, 0.15) is 10.8 Å². The van der Waals surface area contributed by atoms with Gasteiger partial charge in [0.2, 0.25) is 0 Å². The lowest BCUT2D eigenvalue weighted by atomic mass is 10.2. The fourth-order valence-electron chi connectivity index (χ4n) is 2.51. The number of benzene rings is 2. The smallest absolute Gasteiger partial charge is 0.288 e. The van der Waals surface area contributed by atoms with Gasteiger partial charge in [-0.3, -0.25) is 14.9 Å². The van der Waals surface area contributed by atoms with Crippen molar-refractivity contribution in [3.63, 3.8) is 0 Å². The van der Waals surface area contributed by atoms with Crippen LogP contribution in [0.2, 0.25) is 5.02 Å². The summed E-state index contributed by atoms with van der Waals surface area (Å²) in [7, 11) is 0. The quantitative estimate of drug-likeness (QED) is 0.541. The molecule has 0 saturated heterocycles. The van der Waals surface area contributed by atoms with Gasteiger partial charge in [0.25, 0.3) is 11.6 Å². The van der Waals surface area contributed by atoms with Gasteiger partial charge in [-0.2, -0.15) is 5.10 Å². The first kappa shape index (κ1) is 17.6. The summed E-state index contributed by atoms with van der Waals surface area (Å²) < 4.78 is 1.67. The van der Waals surface area contributed by atoms with E-state index in [0.717, 1.165) is 17.3 Å². The zero-order chi connectivity index (χ0) is 18.7. The third-order valence-electron chi connectivity index (χ3n) is 3.72. The van der Waals surface area contributed by atoms with E-state index in [9.17, 15) is 14.9 Å². The van der Waals surface area contributed by atoms with Crippen molar-refractivity contribution in [1.29, 1.82) is 0 Å². The van der Waals surface area contributed by atoms with Gasteiger partial charge in [-0.25, -0.2) is 4.68 Å². The molecule has 0 aliphatic carbocycles. The normalized spacial score (nSPS) is 10.5. The summed E-state index contributed by atoms with van der Waals surface area (Å²) in [5, 5.41) is 18.1. The van der Waals surface area contributed by atoms with Gasteiger partial charge in [0.15, 0.2) is 0 Å². The molecule has 0 aliphatic rings. The molecule has 132 valence electrons. The van der Waals surface area contributed by atoms with Crippen molar-refractivity contribution < 1.29 is 9.72 Å². The number of hydrogen-bond acceptors (Lipinski definition) is 4. The SMILES string of the molecule is Cc1cc(NC(=O)c2ccc(Cl)c([N+](=O)[O-])c2)n(Cc2ccccc2)n1. The number of amides is 1. The Morgan fingerprint density at radius 1 is 1.23 bits per heavy atom. The first-order valence-electron chi connectivity index (χ1n) is 7.77. The van der Waals surface area contributed by atoms with E-state index in [4.69, 9.17) is 11.6 Å². The minimum atomic E-state index is -0.622. The zero-order valence-electron chi connectivity index (χ0n) is 13.8. The Balaban J connectivity index is 1.84. The Bertz CT molecular complexity index is 970. The topological polar surface area (TPSA) is 90.1 Å². The lowest BCUT2D eigenvalue weighted by molar-refractivity contribution is -0.384. The van der Waals surface area contributed by atoms with E-state index >= 15 is 0 Å². The lowest BCUT2D eigenvalue weighted by Gasteiger charge is -2.09. The summed E-state index contributed by atoms with van der Waals surface area (Å²) in [5.74, 6) is 0.0351. The van der Waals surface area contributed by atoms with E-state index in [1.807, 2.05) is 37.3 Å². The summed E-state index contributed by atoms with van der Waals surface area (Å²) in [4.78, 5) is 22.9. The molecule has 0 saturated carbocycles. The number of hydrogen-bond donors (Lipinski definition) is 1. The van der Waals surface area contributed by atoms with Crippen LogP contribution in [-0.4, -0.2) is 20.6 Å². The molecule has 26 heavy (non-hydrogen) atoms. The van der Waals surface area contributed by atoms with Gasteiger partial charge in [-0.15, -0.1) is 0 Å². The Morgan fingerprint density at radius 2 is 1.96 bits per heavy atom. The summed E-state index contributed by atoms with van der Waals surface area (Å²) in [6.45, 7) is 2.31. The van der Waals surface area contributed by atoms with E-state index in [0.29, 0.717) is 12.4 Å². The van der Waals surface area contributed by atoms with Gasteiger partial charge in [-0.1, -0.05) is 41.9 Å². The van der Waals surface area contributed by atoms with Crippen molar-refractivity contribution >= 4 is 29.0 Å². The molecule has 0 unspecified atom stereocenters. The van der Waals surface area contributed by atoms with Crippen LogP contribution in [0.4, 0.5) is 11.5 Å². The van der Waals surface area contributed by atoms with Crippen LogP contribution >= 0.6 is 11.6 Å². The number of rotatable bonds is 5. The molecule has 1 heterocycles. The molecule has 3 aromatic rings. The van der Waals surface area contributed by atoms with Crippen LogP contribution in [0.5, 0.6) is 0 Å². The van der Waals surface area contributed by atoms with E-state index in [-0.39, 0.29) is 16.3 Å². The molecule has 0 fully saturated rings. The molecule has 2 aromatic carbocycles. The molecule has 0 spiro atoms. The number of nitrogens with one attached hydrogen (secondary N) is 1. The number of carbonyl (C=O) groups excluding carboxylic acids is 1. The molecule has 1 aromatic heterocycles. The Hall–Kier alpha value is -3.19. The van der Waals surface area contributed by atoms with Crippen LogP contribution in [0.3, 0.4) is 0 Å². The fourth-order valence-corrected chi connectivity index (χ4v) is 2.69. The van der Waals surface area contributed by atoms with Crippen molar-refractivity contribution in [1.82, 2.24) is 9.78 Å². The summed E-state index contributed by atoms with van der Waals surface area (Å²) in [6.07, 6.45) is 0. The van der Waals surface area contributed by atoms with E-state index < -0.39 is 10.8 Å². The molecule has 1 amide bonds. The molecule has 8 heteroatoms. The highest BCUT2D eigenvalue weighted by molar-refractivity contribution is 6.32. The van der Waals surface area contributed by atoms with Gasteiger partial charge < -0.3 is 5.32 Å². The first-order chi connectivity index (χ1) is 12.4. The first-order valence-corrected chi connectivity index (χ1v) is 8.15. The van der Waals surface area contributed by atoms with Crippen molar-refractivity contribution in [2.75, 3.05) is 5.32 Å². The maximum Gasteiger partial charge on any atom is 0.288 e. The second kappa shape index (κ2) is 7.37. The molecule has 0 aliphatic heterocycles. The van der Waals surface area contributed by atoms with Crippen LogP contribution < -0.4 is 5.32 Å². The Kier molecular flexibility index (Phi) is 4.99. The Morgan fingerprint density at radius 3 is 2.65 bits per heavy atom. The molecule has 7 nitrogen and oxygen atoms in total. The van der Waals surface area contributed by atoms with Crippen molar-refractivity contribution in [3.05, 3.63) is 86.6 Å². The molecule has 0 bridgehead atoms. The summed E-state index contributed by atoms with van der Waals surface area (Å²) in [6, 6.07) is 15.4. The monoisotopic (exact) mass is 370 g/mol. The minimum absolute atomic E-state index is 0.0171. The van der Waals surface area contributed by atoms with Crippen molar-refractivity contribution in [2.45, 2.75) is 13.5 Å². The van der Waals surface area contributed by atoms with Crippen LogP contribution in [0.15, 0.2) is 54.6 Å². The second-order valence-electron chi connectivity index (χ2n) is 5.69. The molecule has 3 rings (SSSR count). The van der Waals surface area contributed by atoms with Crippen LogP contribution in [0.1, 0.15) is 21.6 Å². The predicted octanol–water partition coefficient (Wildman–Crippen LogP) is 4.05. The standard InChI is InChI=1S/C18H15ClN4O3/c1-12-9-17(22(21-12)11-13-5-3-2-4-6-13)20-18(24)14-7-8-15(19)16(10-14)23(25)26/h2-10H,11H2,1H3,(H,20,24). The van der Waals surface area contributed by atoms with Crippen LogP contribution in [0, 0.1) is 17.0 Å². The lowest BCUT2D eigenvalue weighted by Crippen LogP contribution is -2.16. The highest BCUT2D eigenvalue weighted by Gasteiger charge is 2.17. The number of carbonyl (C=O) groups is 1. The van der Waals surface area contributed by atoms with Crippen molar-refractivity contribution in [2.24, 2.45) is 0 Å². The van der Waals surface area contributed by atoms with Gasteiger partial charge in [-0.05, 0) is 24.6 Å². The number of anilines is 1. The predicted molar refractivity (Wildman–Crippen MR) is 98.6 cm³/mol. The average molecular weight is 371 g/mol. The highest BCUT2D eigenvalue weighted by Crippen LogP contribution is 2.25.